The van der Waals surface area contributed by atoms with Gasteiger partial charge in [0.05, 0.1) is 23.1 Å². The number of hydrogen-bond donors (Lipinski definition) is 1. The largest absolute Gasteiger partial charge is 0.384 e. The van der Waals surface area contributed by atoms with Gasteiger partial charge in [-0.2, -0.15) is 0 Å². The highest BCUT2D eigenvalue weighted by Crippen LogP contribution is 2.33. The van der Waals surface area contributed by atoms with Crippen molar-refractivity contribution in [2.24, 2.45) is 0 Å². The van der Waals surface area contributed by atoms with Crippen molar-refractivity contribution in [3.8, 4) is 22.4 Å². The molecule has 0 unspecified atom stereocenters. The Hall–Kier alpha value is -3.19. The van der Waals surface area contributed by atoms with Crippen LogP contribution in [-0.4, -0.2) is 24.5 Å². The fraction of sp³-hybridized carbons (Fsp3) is 0.150. The molecule has 0 amide bonds. The molecule has 7 heteroatoms. The number of halogens is 2. The van der Waals surface area contributed by atoms with E-state index in [1.54, 1.807) is 48.8 Å². The molecular weight excluding hydrogens is 350 g/mol. The monoisotopic (exact) mass is 366 g/mol. The van der Waals surface area contributed by atoms with Crippen LogP contribution in [0.25, 0.3) is 28.2 Å². The van der Waals surface area contributed by atoms with E-state index in [4.69, 9.17) is 0 Å². The third kappa shape index (κ3) is 2.96. The van der Waals surface area contributed by atoms with E-state index >= 15 is 4.39 Å². The van der Waals surface area contributed by atoms with E-state index in [2.05, 4.69) is 15.0 Å². The Balaban J connectivity index is 1.90. The first-order valence-corrected chi connectivity index (χ1v) is 8.32. The van der Waals surface area contributed by atoms with Crippen molar-refractivity contribution in [3.63, 3.8) is 0 Å². The third-order valence-corrected chi connectivity index (χ3v) is 4.32. The summed E-state index contributed by atoms with van der Waals surface area (Å²) in [5.41, 5.74) is 0.163. The number of nitrogens with zero attached hydrogens (tertiary/aromatic N) is 4. The van der Waals surface area contributed by atoms with Crippen LogP contribution < -0.4 is 0 Å². The normalized spacial score (nSPS) is 11.9. The average Bonchev–Trinajstić information content (AvgIpc) is 3.05. The molecule has 4 rings (SSSR count). The van der Waals surface area contributed by atoms with Crippen LogP contribution in [0.3, 0.4) is 0 Å². The maximum absolute atomic E-state index is 15.2. The van der Waals surface area contributed by atoms with Crippen molar-refractivity contribution in [2.45, 2.75) is 19.4 Å². The van der Waals surface area contributed by atoms with Crippen molar-refractivity contribution in [1.82, 2.24) is 19.4 Å². The van der Waals surface area contributed by atoms with Crippen molar-refractivity contribution < 1.29 is 13.9 Å². The van der Waals surface area contributed by atoms with E-state index in [0.717, 1.165) is 0 Å². The van der Waals surface area contributed by atoms with E-state index in [1.165, 1.54) is 24.5 Å². The van der Waals surface area contributed by atoms with Gasteiger partial charge in [-0.05, 0) is 38.1 Å². The molecule has 0 spiro atoms. The van der Waals surface area contributed by atoms with E-state index in [9.17, 15) is 9.50 Å². The Bertz CT molecular complexity index is 1130. The third-order valence-electron chi connectivity index (χ3n) is 4.32. The number of imidazole rings is 1. The fourth-order valence-electron chi connectivity index (χ4n) is 2.94. The molecule has 1 aromatic carbocycles. The minimum Gasteiger partial charge on any atom is -0.384 e. The Morgan fingerprint density at radius 1 is 1.07 bits per heavy atom. The second kappa shape index (κ2) is 6.21. The second-order valence-corrected chi connectivity index (χ2v) is 6.71. The molecule has 136 valence electrons. The Morgan fingerprint density at radius 3 is 2.59 bits per heavy atom. The molecule has 27 heavy (non-hydrogen) atoms. The lowest BCUT2D eigenvalue weighted by Crippen LogP contribution is -2.18. The summed E-state index contributed by atoms with van der Waals surface area (Å²) in [6.45, 7) is 3.24. The lowest BCUT2D eigenvalue weighted by molar-refractivity contribution is 0.0739. The predicted octanol–water partition coefficient (Wildman–Crippen LogP) is 3.96. The van der Waals surface area contributed by atoms with Crippen molar-refractivity contribution >= 4 is 5.78 Å². The van der Waals surface area contributed by atoms with Gasteiger partial charge in [-0.25, -0.2) is 18.7 Å². The van der Waals surface area contributed by atoms with Crippen LogP contribution in [0.5, 0.6) is 0 Å². The minimum atomic E-state index is -1.12. The number of rotatable bonds is 3. The van der Waals surface area contributed by atoms with Crippen molar-refractivity contribution in [1.29, 1.82) is 0 Å². The van der Waals surface area contributed by atoms with Gasteiger partial charge in [0.25, 0.3) is 0 Å². The summed E-state index contributed by atoms with van der Waals surface area (Å²) in [6.07, 6.45) is 6.08. The summed E-state index contributed by atoms with van der Waals surface area (Å²) in [4.78, 5) is 12.5. The van der Waals surface area contributed by atoms with E-state index < -0.39 is 17.2 Å². The second-order valence-electron chi connectivity index (χ2n) is 6.71. The molecule has 0 saturated carbocycles. The van der Waals surface area contributed by atoms with Crippen LogP contribution in [0.2, 0.25) is 0 Å². The molecule has 0 bridgehead atoms. The molecular formula is C20H16F2N4O. The maximum Gasteiger partial charge on any atom is 0.234 e. The highest BCUT2D eigenvalue weighted by atomic mass is 19.1. The van der Waals surface area contributed by atoms with E-state index in [1.807, 2.05) is 0 Å². The number of aliphatic hydroxyl groups is 1. The number of pyridine rings is 1. The molecule has 1 N–H and O–H groups in total. The van der Waals surface area contributed by atoms with Crippen LogP contribution in [0.15, 0.2) is 55.1 Å². The molecule has 0 aliphatic heterocycles. The zero-order valence-electron chi connectivity index (χ0n) is 14.7. The summed E-state index contributed by atoms with van der Waals surface area (Å²) in [5, 5.41) is 10.1. The van der Waals surface area contributed by atoms with E-state index in [-0.39, 0.29) is 11.1 Å². The summed E-state index contributed by atoms with van der Waals surface area (Å²) < 4.78 is 31.1. The first-order chi connectivity index (χ1) is 12.9. The molecule has 5 nitrogen and oxygen atoms in total. The number of hydrogen-bond acceptors (Lipinski definition) is 4. The Morgan fingerprint density at radius 2 is 1.89 bits per heavy atom. The zero-order valence-corrected chi connectivity index (χ0v) is 14.7. The van der Waals surface area contributed by atoms with Gasteiger partial charge < -0.3 is 5.11 Å². The molecule has 3 aromatic heterocycles. The lowest BCUT2D eigenvalue weighted by atomic mass is 10.0. The fourth-order valence-corrected chi connectivity index (χ4v) is 2.94. The maximum atomic E-state index is 15.2. The number of aromatic nitrogens is 4. The molecule has 0 atom stereocenters. The van der Waals surface area contributed by atoms with Gasteiger partial charge in [-0.1, -0.05) is 6.07 Å². The van der Waals surface area contributed by atoms with Gasteiger partial charge in [0.15, 0.2) is 0 Å². The van der Waals surface area contributed by atoms with Gasteiger partial charge in [0, 0.05) is 29.7 Å². The topological polar surface area (TPSA) is 63.3 Å². The quantitative estimate of drug-likeness (QED) is 0.596. The van der Waals surface area contributed by atoms with Crippen molar-refractivity contribution in [2.75, 3.05) is 0 Å². The molecule has 0 saturated heterocycles. The van der Waals surface area contributed by atoms with Crippen LogP contribution in [0.4, 0.5) is 8.78 Å². The van der Waals surface area contributed by atoms with Gasteiger partial charge in [-0.15, -0.1) is 0 Å². The van der Waals surface area contributed by atoms with E-state index in [0.29, 0.717) is 22.7 Å². The van der Waals surface area contributed by atoms with Crippen LogP contribution >= 0.6 is 0 Å². The van der Waals surface area contributed by atoms with Crippen LogP contribution in [-0.2, 0) is 5.60 Å². The Kier molecular flexibility index (Phi) is 3.96. The average molecular weight is 366 g/mol. The highest BCUT2D eigenvalue weighted by molar-refractivity contribution is 5.73. The predicted molar refractivity (Wildman–Crippen MR) is 96.8 cm³/mol. The molecule has 0 aliphatic rings. The first-order valence-electron chi connectivity index (χ1n) is 8.32. The molecule has 0 aliphatic carbocycles. The van der Waals surface area contributed by atoms with Crippen LogP contribution in [0, 0.1) is 11.6 Å². The summed E-state index contributed by atoms with van der Waals surface area (Å²) in [7, 11) is 0. The lowest BCUT2D eigenvalue weighted by Gasteiger charge is -2.16. The molecule has 4 aromatic rings. The standard InChI is InChI=1S/C20H16F2N4O/c1-20(2,27)16-7-9-26-15(11-24-19(26)25-16)13-5-6-14(21)17(18(13)22)12-4-3-8-23-10-12/h3-11,27H,1-2H3. The smallest absolute Gasteiger partial charge is 0.234 e. The SMILES string of the molecule is CC(C)(O)c1ccn2c(-c3ccc(F)c(-c4cccnc4)c3F)cnc2n1. The van der Waals surface area contributed by atoms with Gasteiger partial charge in [0.1, 0.15) is 17.2 Å². The van der Waals surface area contributed by atoms with Gasteiger partial charge >= 0.3 is 0 Å². The van der Waals surface area contributed by atoms with Crippen molar-refractivity contribution in [3.05, 3.63) is 72.4 Å². The van der Waals surface area contributed by atoms with Gasteiger partial charge in [0.2, 0.25) is 5.78 Å². The summed E-state index contributed by atoms with van der Waals surface area (Å²) in [6, 6.07) is 7.46. The van der Waals surface area contributed by atoms with Gasteiger partial charge in [-0.3, -0.25) is 9.38 Å². The minimum absolute atomic E-state index is 0.142. The summed E-state index contributed by atoms with van der Waals surface area (Å²) >= 11 is 0. The van der Waals surface area contributed by atoms with Crippen LogP contribution in [0.1, 0.15) is 19.5 Å². The number of fused-ring (bicyclic) bond motifs is 1. The number of benzene rings is 1. The summed E-state index contributed by atoms with van der Waals surface area (Å²) in [5.74, 6) is -1.05. The molecule has 0 fully saturated rings. The molecule has 3 heterocycles. The first kappa shape index (κ1) is 17.2. The Labute approximate surface area is 154 Å². The highest BCUT2D eigenvalue weighted by Gasteiger charge is 2.21. The molecule has 0 radical (unpaired) electrons. The zero-order chi connectivity index (χ0) is 19.2.